The molecule has 0 saturated heterocycles. The molecule has 1 aromatic heterocycles. The fraction of sp³-hybridized carbons (Fsp3) is 0.200. The number of pyridine rings is 1. The number of carbonyl (C=O) groups is 1. The van der Waals surface area contributed by atoms with Gasteiger partial charge in [-0.25, -0.2) is 4.98 Å². The van der Waals surface area contributed by atoms with E-state index in [2.05, 4.69) is 16.9 Å². The summed E-state index contributed by atoms with van der Waals surface area (Å²) < 4.78 is 0. The number of amides is 1. The van der Waals surface area contributed by atoms with Gasteiger partial charge in [-0.2, -0.15) is 0 Å². The molecule has 1 heterocycles. The topological polar surface area (TPSA) is 42.0 Å². The molecule has 16 heavy (non-hydrogen) atoms. The van der Waals surface area contributed by atoms with Gasteiger partial charge in [0.05, 0.1) is 15.1 Å². The van der Waals surface area contributed by atoms with Crippen LogP contribution in [0, 0.1) is 0 Å². The van der Waals surface area contributed by atoms with Crippen molar-refractivity contribution in [1.29, 1.82) is 0 Å². The molecular formula is C10H9Cl3N2O. The molecule has 0 bridgehead atoms. The predicted octanol–water partition coefficient (Wildman–Crippen LogP) is 3.35. The van der Waals surface area contributed by atoms with Crippen LogP contribution in [0.3, 0.4) is 0 Å². The van der Waals surface area contributed by atoms with Crippen molar-refractivity contribution in [2.75, 3.05) is 6.54 Å². The average Bonchev–Trinajstić information content (AvgIpc) is 2.23. The molecule has 1 N–H and O–H groups in total. The van der Waals surface area contributed by atoms with Crippen LogP contribution < -0.4 is 5.32 Å². The van der Waals surface area contributed by atoms with Gasteiger partial charge in [0, 0.05) is 12.7 Å². The van der Waals surface area contributed by atoms with Gasteiger partial charge in [0.25, 0.3) is 5.91 Å². The maximum absolute atomic E-state index is 11.6. The first-order chi connectivity index (χ1) is 7.43. The number of hydrogen-bond donors (Lipinski definition) is 1. The van der Waals surface area contributed by atoms with Gasteiger partial charge in [0.2, 0.25) is 0 Å². The van der Waals surface area contributed by atoms with Crippen LogP contribution in [0.25, 0.3) is 0 Å². The Labute approximate surface area is 108 Å². The Balaban J connectivity index is 2.92. The van der Waals surface area contributed by atoms with Crippen molar-refractivity contribution in [2.45, 2.75) is 6.92 Å². The minimum Gasteiger partial charge on any atom is -0.347 e. The van der Waals surface area contributed by atoms with Crippen molar-refractivity contribution < 1.29 is 4.79 Å². The van der Waals surface area contributed by atoms with Crippen molar-refractivity contribution in [3.63, 3.8) is 0 Å². The van der Waals surface area contributed by atoms with Gasteiger partial charge in [0.15, 0.2) is 0 Å². The lowest BCUT2D eigenvalue weighted by Crippen LogP contribution is -2.26. The summed E-state index contributed by atoms with van der Waals surface area (Å²) in [4.78, 5) is 15.5. The van der Waals surface area contributed by atoms with Crippen LogP contribution in [0.2, 0.25) is 15.1 Å². The first kappa shape index (κ1) is 13.3. The van der Waals surface area contributed by atoms with Gasteiger partial charge in [-0.05, 0) is 6.92 Å². The van der Waals surface area contributed by atoms with E-state index in [0.29, 0.717) is 6.54 Å². The quantitative estimate of drug-likeness (QED) is 0.862. The molecule has 0 aliphatic carbocycles. The number of hydrogen-bond acceptors (Lipinski definition) is 2. The van der Waals surface area contributed by atoms with Crippen LogP contribution in [-0.4, -0.2) is 17.4 Å². The van der Waals surface area contributed by atoms with Crippen LogP contribution in [0.4, 0.5) is 0 Å². The molecule has 0 radical (unpaired) electrons. The third kappa shape index (κ3) is 3.11. The first-order valence-corrected chi connectivity index (χ1v) is 5.49. The molecule has 1 aromatic rings. The summed E-state index contributed by atoms with van der Waals surface area (Å²) in [5.74, 6) is -0.411. The van der Waals surface area contributed by atoms with Crippen molar-refractivity contribution in [3.05, 3.63) is 39.1 Å². The molecular weight excluding hydrogens is 270 g/mol. The Bertz CT molecular complexity index is 446. The molecule has 0 atom stereocenters. The van der Waals surface area contributed by atoms with Crippen LogP contribution in [-0.2, 0) is 0 Å². The number of nitrogens with zero attached hydrogens (tertiary/aromatic N) is 1. The summed E-state index contributed by atoms with van der Waals surface area (Å²) in [7, 11) is 0. The molecule has 1 rings (SSSR count). The van der Waals surface area contributed by atoms with Crippen molar-refractivity contribution in [1.82, 2.24) is 10.3 Å². The number of nitrogens with one attached hydrogen (secondary N) is 1. The lowest BCUT2D eigenvalue weighted by molar-refractivity contribution is 0.0952. The van der Waals surface area contributed by atoms with Gasteiger partial charge in [0.1, 0.15) is 5.69 Å². The summed E-state index contributed by atoms with van der Waals surface area (Å²) in [5, 5.41) is 2.98. The predicted molar refractivity (Wildman–Crippen MR) is 66.4 cm³/mol. The van der Waals surface area contributed by atoms with Gasteiger partial charge < -0.3 is 5.32 Å². The lowest BCUT2D eigenvalue weighted by atomic mass is 10.3. The van der Waals surface area contributed by atoms with Crippen LogP contribution in [0.1, 0.15) is 17.4 Å². The van der Waals surface area contributed by atoms with E-state index in [0.717, 1.165) is 5.57 Å². The van der Waals surface area contributed by atoms with E-state index in [9.17, 15) is 4.79 Å². The zero-order valence-electron chi connectivity index (χ0n) is 8.48. The molecule has 1 amide bonds. The van der Waals surface area contributed by atoms with E-state index < -0.39 is 5.91 Å². The smallest absolute Gasteiger partial charge is 0.271 e. The van der Waals surface area contributed by atoms with E-state index in [4.69, 9.17) is 34.8 Å². The third-order valence-electron chi connectivity index (χ3n) is 1.68. The highest BCUT2D eigenvalue weighted by Crippen LogP contribution is 2.30. The second kappa shape index (κ2) is 5.53. The minimum atomic E-state index is -0.411. The standard InChI is InChI=1S/C10H9Cl3N2O/c1-5(2)3-15-10(16)9-8(13)7(12)6(11)4-14-9/h4H,1,3H2,2H3,(H,15,16). The van der Waals surface area contributed by atoms with E-state index in [1.807, 2.05) is 0 Å². The molecule has 0 aliphatic heterocycles. The van der Waals surface area contributed by atoms with E-state index in [1.54, 1.807) is 6.92 Å². The SMILES string of the molecule is C=C(C)CNC(=O)c1ncc(Cl)c(Cl)c1Cl. The van der Waals surface area contributed by atoms with Crippen LogP contribution >= 0.6 is 34.8 Å². The zero-order chi connectivity index (χ0) is 12.3. The Kier molecular flexibility index (Phi) is 4.59. The molecule has 0 aliphatic rings. The highest BCUT2D eigenvalue weighted by molar-refractivity contribution is 6.48. The Morgan fingerprint density at radius 2 is 2.06 bits per heavy atom. The Morgan fingerprint density at radius 1 is 1.44 bits per heavy atom. The molecule has 0 spiro atoms. The summed E-state index contributed by atoms with van der Waals surface area (Å²) in [6, 6.07) is 0. The van der Waals surface area contributed by atoms with E-state index in [-0.39, 0.29) is 20.8 Å². The fourth-order valence-electron chi connectivity index (χ4n) is 0.917. The molecule has 0 saturated carbocycles. The van der Waals surface area contributed by atoms with E-state index in [1.165, 1.54) is 6.20 Å². The van der Waals surface area contributed by atoms with Crippen molar-refractivity contribution >= 4 is 40.7 Å². The minimum absolute atomic E-state index is 0.0494. The summed E-state index contributed by atoms with van der Waals surface area (Å²) in [5.41, 5.74) is 0.877. The third-order valence-corrected chi connectivity index (χ3v) is 2.92. The Morgan fingerprint density at radius 3 is 2.62 bits per heavy atom. The van der Waals surface area contributed by atoms with Gasteiger partial charge in [-0.15, -0.1) is 0 Å². The highest BCUT2D eigenvalue weighted by Gasteiger charge is 2.16. The van der Waals surface area contributed by atoms with Gasteiger partial charge >= 0.3 is 0 Å². The number of aromatic nitrogens is 1. The second-order valence-electron chi connectivity index (χ2n) is 3.22. The number of rotatable bonds is 3. The summed E-state index contributed by atoms with van der Waals surface area (Å²) >= 11 is 17.3. The maximum Gasteiger partial charge on any atom is 0.271 e. The highest BCUT2D eigenvalue weighted by atomic mass is 35.5. The lowest BCUT2D eigenvalue weighted by Gasteiger charge is -2.07. The molecule has 6 heteroatoms. The first-order valence-electron chi connectivity index (χ1n) is 4.35. The zero-order valence-corrected chi connectivity index (χ0v) is 10.7. The fourth-order valence-corrected chi connectivity index (χ4v) is 1.48. The number of halogens is 3. The molecule has 0 aromatic carbocycles. The normalized spacial score (nSPS) is 10.0. The second-order valence-corrected chi connectivity index (χ2v) is 4.39. The molecule has 3 nitrogen and oxygen atoms in total. The molecule has 86 valence electrons. The van der Waals surface area contributed by atoms with Crippen LogP contribution in [0.5, 0.6) is 0 Å². The van der Waals surface area contributed by atoms with Crippen LogP contribution in [0.15, 0.2) is 18.3 Å². The monoisotopic (exact) mass is 278 g/mol. The van der Waals surface area contributed by atoms with Crippen molar-refractivity contribution in [2.24, 2.45) is 0 Å². The van der Waals surface area contributed by atoms with Crippen molar-refractivity contribution in [3.8, 4) is 0 Å². The number of carbonyl (C=O) groups excluding carboxylic acids is 1. The summed E-state index contributed by atoms with van der Waals surface area (Å²) in [6.45, 7) is 5.81. The van der Waals surface area contributed by atoms with Gasteiger partial charge in [-0.3, -0.25) is 4.79 Å². The average molecular weight is 280 g/mol. The summed E-state index contributed by atoms with van der Waals surface area (Å²) in [6.07, 6.45) is 1.28. The Hall–Kier alpha value is -0.770. The van der Waals surface area contributed by atoms with E-state index >= 15 is 0 Å². The molecule has 0 unspecified atom stereocenters. The largest absolute Gasteiger partial charge is 0.347 e. The maximum atomic E-state index is 11.6. The molecule has 0 fully saturated rings. The van der Waals surface area contributed by atoms with Gasteiger partial charge in [-0.1, -0.05) is 47.0 Å².